The average Bonchev–Trinajstić information content (AvgIpc) is 2.74. The van der Waals surface area contributed by atoms with E-state index in [0.717, 1.165) is 11.1 Å². The summed E-state index contributed by atoms with van der Waals surface area (Å²) in [6.45, 7) is 1.76. The zero-order chi connectivity index (χ0) is 20.6. The number of nitrogens with one attached hydrogen (secondary N) is 1. The summed E-state index contributed by atoms with van der Waals surface area (Å²) in [6.07, 6.45) is -2.07. The molecule has 0 spiro atoms. The topological polar surface area (TPSA) is 103 Å². The van der Waals surface area contributed by atoms with E-state index in [2.05, 4.69) is 5.32 Å². The highest BCUT2D eigenvalue weighted by atomic mass is 16.7. The zero-order valence-corrected chi connectivity index (χ0v) is 16.4. The summed E-state index contributed by atoms with van der Waals surface area (Å²) in [5.41, 5.74) is 8.27. The fraction of sp³-hybridized carbons (Fsp3) is 0.409. The van der Waals surface area contributed by atoms with Gasteiger partial charge in [-0.15, -0.1) is 0 Å². The van der Waals surface area contributed by atoms with E-state index in [1.807, 2.05) is 60.7 Å². The maximum Gasteiger partial charge on any atom is 0.217 e. The van der Waals surface area contributed by atoms with Gasteiger partial charge in [-0.05, 0) is 11.1 Å². The molecule has 1 aliphatic rings. The van der Waals surface area contributed by atoms with Crippen LogP contribution in [0.2, 0.25) is 0 Å². The number of carbonyl (C=O) groups is 1. The molecule has 0 aromatic heterocycles. The molecule has 4 N–H and O–H groups in total. The monoisotopic (exact) mass is 400 g/mol. The third kappa shape index (κ3) is 5.85. The Morgan fingerprint density at radius 2 is 1.59 bits per heavy atom. The van der Waals surface area contributed by atoms with Gasteiger partial charge in [-0.2, -0.15) is 0 Å². The summed E-state index contributed by atoms with van der Waals surface area (Å²) in [5.74, 6) is -0.241. The Bertz CT molecular complexity index is 758. The molecule has 5 unspecified atom stereocenters. The minimum Gasteiger partial charge on any atom is -0.394 e. The van der Waals surface area contributed by atoms with Crippen molar-refractivity contribution in [2.24, 2.45) is 5.73 Å². The summed E-state index contributed by atoms with van der Waals surface area (Å²) in [4.78, 5) is 11.8. The summed E-state index contributed by atoms with van der Waals surface area (Å²) in [7, 11) is 0. The van der Waals surface area contributed by atoms with Crippen molar-refractivity contribution in [3.63, 3.8) is 0 Å². The Labute approximate surface area is 170 Å². The van der Waals surface area contributed by atoms with Crippen molar-refractivity contribution in [2.45, 2.75) is 50.7 Å². The number of carbonyl (C=O) groups excluding carboxylic acids is 1. The van der Waals surface area contributed by atoms with Crippen molar-refractivity contribution in [3.05, 3.63) is 71.8 Å². The summed E-state index contributed by atoms with van der Waals surface area (Å²) in [6, 6.07) is 18.1. The zero-order valence-electron chi connectivity index (χ0n) is 16.4. The molecule has 7 heteroatoms. The van der Waals surface area contributed by atoms with Gasteiger partial charge in [0.25, 0.3) is 0 Å². The van der Waals surface area contributed by atoms with Gasteiger partial charge in [-0.1, -0.05) is 60.7 Å². The first-order chi connectivity index (χ1) is 14.1. The number of hydrogen-bond donors (Lipinski definition) is 3. The molecule has 1 amide bonds. The number of aliphatic hydroxyl groups excluding tert-OH is 1. The van der Waals surface area contributed by atoms with Crippen LogP contribution in [0.15, 0.2) is 60.7 Å². The fourth-order valence-electron chi connectivity index (χ4n) is 3.38. The van der Waals surface area contributed by atoms with E-state index >= 15 is 0 Å². The molecule has 0 aliphatic carbocycles. The lowest BCUT2D eigenvalue weighted by Crippen LogP contribution is -2.67. The third-order valence-corrected chi connectivity index (χ3v) is 4.86. The normalized spacial score (nSPS) is 26.8. The first-order valence-corrected chi connectivity index (χ1v) is 9.68. The van der Waals surface area contributed by atoms with Crippen LogP contribution < -0.4 is 11.1 Å². The van der Waals surface area contributed by atoms with Gasteiger partial charge in [0.1, 0.15) is 18.2 Å². The average molecular weight is 400 g/mol. The lowest BCUT2D eigenvalue weighted by atomic mass is 9.94. The number of hydrogen-bond acceptors (Lipinski definition) is 6. The second kappa shape index (κ2) is 10.5. The Hall–Kier alpha value is -2.29. The Balaban J connectivity index is 1.76. The molecule has 1 heterocycles. The number of nitrogens with two attached hydrogens (primary N) is 1. The third-order valence-electron chi connectivity index (χ3n) is 4.86. The second-order valence-electron chi connectivity index (χ2n) is 7.09. The SMILES string of the molecule is CC(=O)NC1C(OCc2ccccc2)OC(CO)C(N)C1OCc1ccccc1. The minimum absolute atomic E-state index is 0.241. The lowest BCUT2D eigenvalue weighted by Gasteiger charge is -2.44. The highest BCUT2D eigenvalue weighted by molar-refractivity contribution is 5.73. The maximum atomic E-state index is 11.8. The van der Waals surface area contributed by atoms with Crippen LogP contribution in [0.25, 0.3) is 0 Å². The summed E-state index contributed by atoms with van der Waals surface area (Å²) in [5, 5.41) is 12.6. The number of amides is 1. The molecule has 29 heavy (non-hydrogen) atoms. The lowest BCUT2D eigenvalue weighted by molar-refractivity contribution is -0.254. The summed E-state index contributed by atoms with van der Waals surface area (Å²) >= 11 is 0. The van der Waals surface area contributed by atoms with Crippen molar-refractivity contribution in [1.29, 1.82) is 0 Å². The summed E-state index contributed by atoms with van der Waals surface area (Å²) < 4.78 is 17.9. The van der Waals surface area contributed by atoms with Crippen LogP contribution in [0.3, 0.4) is 0 Å². The smallest absolute Gasteiger partial charge is 0.217 e. The van der Waals surface area contributed by atoms with Gasteiger partial charge in [-0.25, -0.2) is 0 Å². The highest BCUT2D eigenvalue weighted by Gasteiger charge is 2.46. The fourth-order valence-corrected chi connectivity index (χ4v) is 3.38. The molecule has 0 bridgehead atoms. The molecule has 0 saturated carbocycles. The first kappa shape index (κ1) is 21.4. The Morgan fingerprint density at radius 3 is 2.10 bits per heavy atom. The maximum absolute atomic E-state index is 11.8. The van der Waals surface area contributed by atoms with Gasteiger partial charge < -0.3 is 30.4 Å². The van der Waals surface area contributed by atoms with Crippen LogP contribution in [-0.4, -0.2) is 48.2 Å². The van der Waals surface area contributed by atoms with Crippen molar-refractivity contribution in [1.82, 2.24) is 5.32 Å². The molecule has 2 aromatic carbocycles. The second-order valence-corrected chi connectivity index (χ2v) is 7.09. The molecule has 1 fully saturated rings. The number of benzene rings is 2. The highest BCUT2D eigenvalue weighted by Crippen LogP contribution is 2.25. The predicted octanol–water partition coefficient (Wildman–Crippen LogP) is 1.34. The van der Waals surface area contributed by atoms with E-state index in [0.29, 0.717) is 13.2 Å². The van der Waals surface area contributed by atoms with Crippen LogP contribution in [0.4, 0.5) is 0 Å². The molecule has 5 atom stereocenters. The number of ether oxygens (including phenoxy) is 3. The molecule has 3 rings (SSSR count). The van der Waals surface area contributed by atoms with E-state index in [9.17, 15) is 9.90 Å². The van der Waals surface area contributed by atoms with Crippen molar-refractivity contribution in [2.75, 3.05) is 6.61 Å². The minimum atomic E-state index is -0.808. The molecule has 156 valence electrons. The van der Waals surface area contributed by atoms with Gasteiger partial charge in [0.15, 0.2) is 6.29 Å². The van der Waals surface area contributed by atoms with Crippen molar-refractivity contribution in [3.8, 4) is 0 Å². The molecule has 0 radical (unpaired) electrons. The van der Waals surface area contributed by atoms with Gasteiger partial charge in [-0.3, -0.25) is 4.79 Å². The quantitative estimate of drug-likeness (QED) is 0.618. The van der Waals surface area contributed by atoms with E-state index in [1.165, 1.54) is 6.92 Å². The predicted molar refractivity (Wildman–Crippen MR) is 108 cm³/mol. The van der Waals surface area contributed by atoms with Crippen molar-refractivity contribution >= 4 is 5.91 Å². The van der Waals surface area contributed by atoms with Crippen molar-refractivity contribution < 1.29 is 24.1 Å². The molecule has 1 saturated heterocycles. The number of rotatable bonds is 8. The van der Waals surface area contributed by atoms with E-state index in [1.54, 1.807) is 0 Å². The Morgan fingerprint density at radius 1 is 1.03 bits per heavy atom. The van der Waals surface area contributed by atoms with E-state index in [4.69, 9.17) is 19.9 Å². The van der Waals surface area contributed by atoms with Gasteiger partial charge in [0, 0.05) is 6.92 Å². The van der Waals surface area contributed by atoms with Crippen LogP contribution in [0.1, 0.15) is 18.1 Å². The standard InChI is InChI=1S/C22H28N2O5/c1-15(26)24-20-21(27-13-16-8-4-2-5-9-16)19(23)18(12-25)29-22(20)28-14-17-10-6-3-7-11-17/h2-11,18-22,25H,12-14,23H2,1H3,(H,24,26). The molecule has 7 nitrogen and oxygen atoms in total. The van der Waals surface area contributed by atoms with Gasteiger partial charge in [0.05, 0.1) is 25.9 Å². The molecular formula is C22H28N2O5. The molecule has 1 aliphatic heterocycles. The van der Waals surface area contributed by atoms with Crippen LogP contribution >= 0.6 is 0 Å². The van der Waals surface area contributed by atoms with E-state index in [-0.39, 0.29) is 12.5 Å². The van der Waals surface area contributed by atoms with Gasteiger partial charge in [0.2, 0.25) is 5.91 Å². The van der Waals surface area contributed by atoms with Crippen LogP contribution in [-0.2, 0) is 32.2 Å². The largest absolute Gasteiger partial charge is 0.394 e. The van der Waals surface area contributed by atoms with Crippen LogP contribution in [0.5, 0.6) is 0 Å². The molecule has 2 aromatic rings. The van der Waals surface area contributed by atoms with E-state index < -0.39 is 30.6 Å². The number of aliphatic hydroxyl groups is 1. The van der Waals surface area contributed by atoms with Gasteiger partial charge >= 0.3 is 0 Å². The Kier molecular flexibility index (Phi) is 7.74. The molecular weight excluding hydrogens is 372 g/mol. The van der Waals surface area contributed by atoms with Crippen LogP contribution in [0, 0.1) is 0 Å². The first-order valence-electron chi connectivity index (χ1n) is 9.68.